The molecule has 0 radical (unpaired) electrons. The summed E-state index contributed by atoms with van der Waals surface area (Å²) in [5, 5.41) is 3.66. The Bertz CT molecular complexity index is 1340. The van der Waals surface area contributed by atoms with Gasteiger partial charge in [0.2, 0.25) is 15.6 Å². The first kappa shape index (κ1) is 22.5. The quantitative estimate of drug-likeness (QED) is 0.592. The summed E-state index contributed by atoms with van der Waals surface area (Å²) in [5.74, 6) is -0.191. The van der Waals surface area contributed by atoms with Crippen molar-refractivity contribution in [2.45, 2.75) is 31.2 Å². The number of hydrogen-bond donors (Lipinski definition) is 2. The number of carbonyl (C=O) groups is 1. The Kier molecular flexibility index (Phi) is 6.37. The minimum absolute atomic E-state index is 0.103. The van der Waals surface area contributed by atoms with E-state index in [-0.39, 0.29) is 17.0 Å². The molecule has 32 heavy (non-hydrogen) atoms. The predicted octanol–water partition coefficient (Wildman–Crippen LogP) is 3.53. The van der Waals surface area contributed by atoms with Crippen LogP contribution in [0.4, 0.5) is 0 Å². The van der Waals surface area contributed by atoms with Gasteiger partial charge in [0.15, 0.2) is 0 Å². The molecular weight excluding hydrogens is 450 g/mol. The molecule has 7 nitrogen and oxygen atoms in total. The van der Waals surface area contributed by atoms with Crippen LogP contribution in [-0.4, -0.2) is 36.7 Å². The third-order valence-corrected chi connectivity index (χ3v) is 7.94. The highest BCUT2D eigenvalue weighted by Crippen LogP contribution is 2.26. The first-order chi connectivity index (χ1) is 15.3. The molecule has 0 bridgehead atoms. The third-order valence-electron chi connectivity index (χ3n) is 5.71. The molecule has 1 aliphatic heterocycles. The fraction of sp³-hybridized carbons (Fsp3) is 0.304. The summed E-state index contributed by atoms with van der Waals surface area (Å²) >= 11 is 6.15. The Morgan fingerprint density at radius 2 is 2.00 bits per heavy atom. The zero-order valence-corrected chi connectivity index (χ0v) is 19.2. The van der Waals surface area contributed by atoms with Crippen LogP contribution in [0.3, 0.4) is 0 Å². The minimum atomic E-state index is -3.71. The maximum absolute atomic E-state index is 13.2. The standard InChI is InChI=1S/C23H24ClN3O4S/c1-15-5-4-10-27(14-15)32(30,31)17-8-9-21-18(11-17)19(12-22(28)26-21)23(29)25-13-16-6-2-3-7-20(16)24/h2-3,6-9,11-12,15H,4-5,10,13-14H2,1H3,(H,25,29)(H,26,28)/t15-/m0/s1. The molecule has 0 saturated carbocycles. The van der Waals surface area contributed by atoms with Crippen molar-refractivity contribution in [3.63, 3.8) is 0 Å². The molecule has 2 heterocycles. The van der Waals surface area contributed by atoms with E-state index in [9.17, 15) is 18.0 Å². The summed E-state index contributed by atoms with van der Waals surface area (Å²) in [7, 11) is -3.71. The number of rotatable bonds is 5. The van der Waals surface area contributed by atoms with E-state index in [1.165, 1.54) is 28.6 Å². The van der Waals surface area contributed by atoms with Gasteiger partial charge >= 0.3 is 0 Å². The lowest BCUT2D eigenvalue weighted by molar-refractivity contribution is 0.0952. The molecule has 168 valence electrons. The van der Waals surface area contributed by atoms with Gasteiger partial charge in [-0.15, -0.1) is 0 Å². The summed E-state index contributed by atoms with van der Waals surface area (Å²) in [6.07, 6.45) is 1.82. The summed E-state index contributed by atoms with van der Waals surface area (Å²) < 4.78 is 27.9. The number of pyridine rings is 1. The molecular formula is C23H24ClN3O4S. The van der Waals surface area contributed by atoms with Gasteiger partial charge in [-0.1, -0.05) is 36.7 Å². The molecule has 9 heteroatoms. The number of halogens is 1. The highest BCUT2D eigenvalue weighted by molar-refractivity contribution is 7.89. The van der Waals surface area contributed by atoms with Crippen LogP contribution >= 0.6 is 11.6 Å². The zero-order valence-electron chi connectivity index (χ0n) is 17.6. The number of hydrogen-bond acceptors (Lipinski definition) is 4. The van der Waals surface area contributed by atoms with Crippen LogP contribution in [0.2, 0.25) is 5.02 Å². The van der Waals surface area contributed by atoms with E-state index in [0.29, 0.717) is 34.9 Å². The molecule has 4 rings (SSSR count). The minimum Gasteiger partial charge on any atom is -0.348 e. The monoisotopic (exact) mass is 473 g/mol. The Labute approximate surface area is 191 Å². The van der Waals surface area contributed by atoms with Gasteiger partial charge in [0, 0.05) is 41.6 Å². The Morgan fingerprint density at radius 3 is 2.75 bits per heavy atom. The number of aromatic nitrogens is 1. The topological polar surface area (TPSA) is 99.3 Å². The zero-order chi connectivity index (χ0) is 22.9. The van der Waals surface area contributed by atoms with Crippen LogP contribution in [0, 0.1) is 5.92 Å². The number of nitrogens with zero attached hydrogens (tertiary/aromatic N) is 1. The maximum atomic E-state index is 13.2. The summed E-state index contributed by atoms with van der Waals surface area (Å²) in [6.45, 7) is 3.16. The molecule has 0 spiro atoms. The van der Waals surface area contributed by atoms with Crippen molar-refractivity contribution in [3.8, 4) is 0 Å². The lowest BCUT2D eigenvalue weighted by atomic mass is 10.0. The fourth-order valence-electron chi connectivity index (χ4n) is 4.01. The van der Waals surface area contributed by atoms with Crippen molar-refractivity contribution in [1.29, 1.82) is 0 Å². The summed E-state index contributed by atoms with van der Waals surface area (Å²) in [5.41, 5.74) is 0.797. The molecule has 1 saturated heterocycles. The van der Waals surface area contributed by atoms with E-state index >= 15 is 0 Å². The highest BCUT2D eigenvalue weighted by Gasteiger charge is 2.29. The molecule has 0 unspecified atom stereocenters. The van der Waals surface area contributed by atoms with Crippen molar-refractivity contribution in [2.75, 3.05) is 13.1 Å². The lowest BCUT2D eigenvalue weighted by Gasteiger charge is -2.30. The van der Waals surface area contributed by atoms with Gasteiger partial charge < -0.3 is 10.3 Å². The first-order valence-electron chi connectivity index (χ1n) is 10.4. The Morgan fingerprint density at radius 1 is 1.22 bits per heavy atom. The molecule has 1 fully saturated rings. The molecule has 1 aromatic heterocycles. The number of sulfonamides is 1. The van der Waals surface area contributed by atoms with Crippen molar-refractivity contribution in [1.82, 2.24) is 14.6 Å². The first-order valence-corrected chi connectivity index (χ1v) is 12.3. The Balaban J connectivity index is 1.69. The smallest absolute Gasteiger partial charge is 0.252 e. The van der Waals surface area contributed by atoms with Crippen LogP contribution in [0.1, 0.15) is 35.7 Å². The average Bonchev–Trinajstić information content (AvgIpc) is 2.77. The molecule has 2 N–H and O–H groups in total. The molecule has 1 aliphatic rings. The third kappa shape index (κ3) is 4.57. The molecule has 3 aromatic rings. The average molecular weight is 474 g/mol. The number of carbonyl (C=O) groups excluding carboxylic acids is 1. The molecule has 2 aromatic carbocycles. The van der Waals surface area contributed by atoms with E-state index in [0.717, 1.165) is 18.4 Å². The highest BCUT2D eigenvalue weighted by atomic mass is 35.5. The number of nitrogens with one attached hydrogen (secondary N) is 2. The number of piperidine rings is 1. The Hall–Kier alpha value is -2.68. The maximum Gasteiger partial charge on any atom is 0.252 e. The lowest BCUT2D eigenvalue weighted by Crippen LogP contribution is -2.39. The SMILES string of the molecule is C[C@H]1CCCN(S(=O)(=O)c2ccc3[nH]c(=O)cc(C(=O)NCc4ccccc4Cl)c3c2)C1. The van der Waals surface area contributed by atoms with Crippen LogP contribution in [0.5, 0.6) is 0 Å². The van der Waals surface area contributed by atoms with Crippen molar-refractivity contribution < 1.29 is 13.2 Å². The number of H-pyrrole nitrogens is 1. The van der Waals surface area contributed by atoms with Crippen LogP contribution in [-0.2, 0) is 16.6 Å². The van der Waals surface area contributed by atoms with E-state index < -0.39 is 21.5 Å². The van der Waals surface area contributed by atoms with Gasteiger partial charge in [-0.25, -0.2) is 8.42 Å². The van der Waals surface area contributed by atoms with Gasteiger partial charge in [-0.3, -0.25) is 9.59 Å². The second-order valence-corrected chi connectivity index (χ2v) is 10.5. The number of amides is 1. The second kappa shape index (κ2) is 9.05. The van der Waals surface area contributed by atoms with E-state index in [4.69, 9.17) is 11.6 Å². The van der Waals surface area contributed by atoms with Gasteiger partial charge in [0.25, 0.3) is 5.91 Å². The van der Waals surface area contributed by atoms with Gasteiger partial charge in [0.1, 0.15) is 0 Å². The normalized spacial score (nSPS) is 17.4. The van der Waals surface area contributed by atoms with Crippen LogP contribution < -0.4 is 10.9 Å². The van der Waals surface area contributed by atoms with Crippen molar-refractivity contribution >= 4 is 38.4 Å². The second-order valence-electron chi connectivity index (χ2n) is 8.14. The van der Waals surface area contributed by atoms with Crippen molar-refractivity contribution in [3.05, 3.63) is 75.0 Å². The van der Waals surface area contributed by atoms with Gasteiger partial charge in [-0.2, -0.15) is 4.31 Å². The summed E-state index contributed by atoms with van der Waals surface area (Å²) in [6, 6.07) is 12.8. The molecule has 1 atom stereocenters. The van der Waals surface area contributed by atoms with E-state index in [1.54, 1.807) is 18.2 Å². The van der Waals surface area contributed by atoms with E-state index in [1.807, 2.05) is 13.0 Å². The van der Waals surface area contributed by atoms with Gasteiger partial charge in [0.05, 0.1) is 10.5 Å². The van der Waals surface area contributed by atoms with Crippen LogP contribution in [0.15, 0.2) is 58.2 Å². The van der Waals surface area contributed by atoms with Crippen molar-refractivity contribution in [2.24, 2.45) is 5.92 Å². The summed E-state index contributed by atoms with van der Waals surface area (Å²) in [4.78, 5) is 27.8. The fourth-order valence-corrected chi connectivity index (χ4v) is 5.84. The largest absolute Gasteiger partial charge is 0.348 e. The number of benzene rings is 2. The number of fused-ring (bicyclic) bond motifs is 1. The van der Waals surface area contributed by atoms with Crippen LogP contribution in [0.25, 0.3) is 10.9 Å². The van der Waals surface area contributed by atoms with Gasteiger partial charge in [-0.05, 0) is 48.6 Å². The number of aromatic amines is 1. The van der Waals surface area contributed by atoms with E-state index in [2.05, 4.69) is 10.3 Å². The predicted molar refractivity (Wildman–Crippen MR) is 124 cm³/mol. The molecule has 0 aliphatic carbocycles. The molecule has 1 amide bonds.